The van der Waals surface area contributed by atoms with E-state index in [1.54, 1.807) is 17.1 Å². The summed E-state index contributed by atoms with van der Waals surface area (Å²) in [5.74, 6) is 0. The highest BCUT2D eigenvalue weighted by molar-refractivity contribution is 7.13. The van der Waals surface area contributed by atoms with Crippen molar-refractivity contribution in [1.29, 1.82) is 0 Å². The van der Waals surface area contributed by atoms with Crippen LogP contribution in [0.25, 0.3) is 10.7 Å². The van der Waals surface area contributed by atoms with Crippen molar-refractivity contribution in [2.45, 2.75) is 44.2 Å². The number of hydrogen-bond donors (Lipinski definition) is 0. The van der Waals surface area contributed by atoms with E-state index in [9.17, 15) is 13.2 Å². The number of hydrogen-bond acceptors (Lipinski definition) is 4. The molecule has 2 unspecified atom stereocenters. The number of aromatic nitrogens is 3. The molecule has 114 valence electrons. The van der Waals surface area contributed by atoms with Gasteiger partial charge in [0, 0.05) is 17.8 Å². The second-order valence-corrected chi connectivity index (χ2v) is 5.87. The first-order valence-electron chi connectivity index (χ1n) is 6.68. The topological polar surface area (TPSA) is 39.9 Å². The van der Waals surface area contributed by atoms with E-state index in [-0.39, 0.29) is 6.42 Å². The quantitative estimate of drug-likeness (QED) is 0.870. The van der Waals surface area contributed by atoms with Crippen molar-refractivity contribution in [2.75, 3.05) is 0 Å². The highest BCUT2D eigenvalue weighted by Gasteiger charge is 2.43. The standard InChI is InChI=1S/C13H14F3N3OS/c14-13(15,16)11-3-1-2-9(20-11)8-19-6-4-10(18-19)12-17-5-7-21-12/h4-7,9,11H,1-3,8H2. The molecule has 0 saturated carbocycles. The van der Waals surface area contributed by atoms with Crippen LogP contribution in [0.1, 0.15) is 19.3 Å². The SMILES string of the molecule is FC(F)(F)C1CCCC(Cn2ccc(-c3nccs3)n2)O1. The van der Waals surface area contributed by atoms with E-state index >= 15 is 0 Å². The van der Waals surface area contributed by atoms with Crippen molar-refractivity contribution in [3.05, 3.63) is 23.8 Å². The maximum Gasteiger partial charge on any atom is 0.414 e. The molecule has 3 rings (SSSR count). The maximum atomic E-state index is 12.7. The van der Waals surface area contributed by atoms with E-state index in [2.05, 4.69) is 10.1 Å². The van der Waals surface area contributed by atoms with Crippen molar-refractivity contribution < 1.29 is 17.9 Å². The zero-order valence-electron chi connectivity index (χ0n) is 11.1. The molecule has 1 aliphatic heterocycles. The largest absolute Gasteiger partial charge is 0.414 e. The van der Waals surface area contributed by atoms with Crippen molar-refractivity contribution in [3.8, 4) is 10.7 Å². The minimum absolute atomic E-state index is 0.0451. The Kier molecular flexibility index (Phi) is 3.99. The van der Waals surface area contributed by atoms with Gasteiger partial charge >= 0.3 is 6.18 Å². The highest BCUT2D eigenvalue weighted by atomic mass is 32.1. The molecule has 4 nitrogen and oxygen atoms in total. The Hall–Kier alpha value is -1.41. The molecule has 2 aromatic rings. The molecule has 0 bridgehead atoms. The molecule has 0 aromatic carbocycles. The Morgan fingerprint density at radius 3 is 2.95 bits per heavy atom. The van der Waals surface area contributed by atoms with Gasteiger partial charge < -0.3 is 4.74 Å². The van der Waals surface area contributed by atoms with Crippen molar-refractivity contribution in [2.24, 2.45) is 0 Å². The lowest BCUT2D eigenvalue weighted by Gasteiger charge is -2.31. The molecule has 21 heavy (non-hydrogen) atoms. The predicted molar refractivity (Wildman–Crippen MR) is 71.9 cm³/mol. The van der Waals surface area contributed by atoms with Crippen LogP contribution < -0.4 is 0 Å². The maximum absolute atomic E-state index is 12.7. The third kappa shape index (κ3) is 3.44. The molecule has 0 N–H and O–H groups in total. The number of nitrogens with zero attached hydrogens (tertiary/aromatic N) is 3. The number of halogens is 3. The molecule has 1 fully saturated rings. The molecule has 1 saturated heterocycles. The first-order valence-corrected chi connectivity index (χ1v) is 7.56. The van der Waals surface area contributed by atoms with Crippen molar-refractivity contribution >= 4 is 11.3 Å². The van der Waals surface area contributed by atoms with Crippen LogP contribution in [-0.4, -0.2) is 33.1 Å². The molecular weight excluding hydrogens is 303 g/mol. The smallest absolute Gasteiger partial charge is 0.364 e. The summed E-state index contributed by atoms with van der Waals surface area (Å²) >= 11 is 1.47. The summed E-state index contributed by atoms with van der Waals surface area (Å²) in [7, 11) is 0. The van der Waals surface area contributed by atoms with Gasteiger partial charge in [0.05, 0.1) is 12.6 Å². The van der Waals surface area contributed by atoms with Gasteiger partial charge in [-0.1, -0.05) is 0 Å². The fourth-order valence-electron chi connectivity index (χ4n) is 2.41. The van der Waals surface area contributed by atoms with Crippen LogP contribution in [0.3, 0.4) is 0 Å². The normalized spacial score (nSPS) is 23.4. The van der Waals surface area contributed by atoms with Gasteiger partial charge in [-0.3, -0.25) is 4.68 Å². The average molecular weight is 317 g/mol. The summed E-state index contributed by atoms with van der Waals surface area (Å²) in [5, 5.41) is 6.99. The number of ether oxygens (including phenoxy) is 1. The van der Waals surface area contributed by atoms with Crippen molar-refractivity contribution in [1.82, 2.24) is 14.8 Å². The van der Waals surface area contributed by atoms with Crippen LogP contribution in [0.15, 0.2) is 23.8 Å². The Balaban J connectivity index is 1.64. The predicted octanol–water partition coefficient (Wildman–Crippen LogP) is 3.51. The first kappa shape index (κ1) is 14.5. The molecule has 2 aromatic heterocycles. The summed E-state index contributed by atoms with van der Waals surface area (Å²) in [4.78, 5) is 4.15. The summed E-state index contributed by atoms with van der Waals surface area (Å²) in [6.45, 7) is 0.331. The number of thiazole rings is 1. The van der Waals surface area contributed by atoms with Gasteiger partial charge in [0.2, 0.25) is 0 Å². The third-order valence-corrected chi connectivity index (χ3v) is 4.19. The second-order valence-electron chi connectivity index (χ2n) is 4.98. The molecule has 2 atom stereocenters. The van der Waals surface area contributed by atoms with E-state index in [1.165, 1.54) is 11.3 Å². The van der Waals surface area contributed by atoms with Crippen LogP contribution in [-0.2, 0) is 11.3 Å². The molecule has 1 aliphatic rings. The lowest BCUT2D eigenvalue weighted by atomic mass is 10.0. The van der Waals surface area contributed by atoms with Gasteiger partial charge in [-0.05, 0) is 25.3 Å². The zero-order chi connectivity index (χ0) is 14.9. The molecule has 0 aliphatic carbocycles. The fourth-order valence-corrected chi connectivity index (χ4v) is 3.01. The van der Waals surface area contributed by atoms with Crippen LogP contribution in [0, 0.1) is 0 Å². The van der Waals surface area contributed by atoms with Gasteiger partial charge in [0.15, 0.2) is 6.10 Å². The van der Waals surface area contributed by atoms with Gasteiger partial charge in [0.25, 0.3) is 0 Å². The molecule has 0 spiro atoms. The third-order valence-electron chi connectivity index (χ3n) is 3.40. The Labute approximate surface area is 123 Å². The Morgan fingerprint density at radius 1 is 1.38 bits per heavy atom. The van der Waals surface area contributed by atoms with Crippen molar-refractivity contribution in [3.63, 3.8) is 0 Å². The highest BCUT2D eigenvalue weighted by Crippen LogP contribution is 2.32. The van der Waals surface area contributed by atoms with E-state index in [0.717, 1.165) is 10.7 Å². The van der Waals surface area contributed by atoms with Gasteiger partial charge in [-0.2, -0.15) is 18.3 Å². The van der Waals surface area contributed by atoms with E-state index in [0.29, 0.717) is 19.4 Å². The lowest BCUT2D eigenvalue weighted by Crippen LogP contribution is -2.40. The van der Waals surface area contributed by atoms with Crippen LogP contribution >= 0.6 is 11.3 Å². The summed E-state index contributed by atoms with van der Waals surface area (Å²) in [6.07, 6.45) is -1.75. The molecular formula is C13H14F3N3OS. The van der Waals surface area contributed by atoms with E-state index < -0.39 is 18.4 Å². The monoisotopic (exact) mass is 317 g/mol. The van der Waals surface area contributed by atoms with Crippen LogP contribution in [0.4, 0.5) is 13.2 Å². The van der Waals surface area contributed by atoms with Gasteiger partial charge in [-0.25, -0.2) is 4.98 Å². The van der Waals surface area contributed by atoms with Gasteiger partial charge in [-0.15, -0.1) is 11.3 Å². The number of alkyl halides is 3. The van der Waals surface area contributed by atoms with Crippen LogP contribution in [0.2, 0.25) is 0 Å². The van der Waals surface area contributed by atoms with E-state index in [4.69, 9.17) is 4.74 Å². The Morgan fingerprint density at radius 2 is 2.24 bits per heavy atom. The fraction of sp³-hybridized carbons (Fsp3) is 0.538. The lowest BCUT2D eigenvalue weighted by molar-refractivity contribution is -0.246. The molecule has 0 radical (unpaired) electrons. The second kappa shape index (κ2) is 5.76. The molecule has 0 amide bonds. The minimum Gasteiger partial charge on any atom is -0.364 e. The number of rotatable bonds is 3. The minimum atomic E-state index is -4.28. The van der Waals surface area contributed by atoms with Crippen LogP contribution in [0.5, 0.6) is 0 Å². The zero-order valence-corrected chi connectivity index (χ0v) is 11.9. The summed E-state index contributed by atoms with van der Waals surface area (Å²) < 4.78 is 44.8. The van der Waals surface area contributed by atoms with Gasteiger partial charge in [0.1, 0.15) is 10.7 Å². The summed E-state index contributed by atoms with van der Waals surface area (Å²) in [5.41, 5.74) is 0.730. The average Bonchev–Trinajstić information content (AvgIpc) is 3.08. The van der Waals surface area contributed by atoms with E-state index in [1.807, 2.05) is 11.4 Å². The first-order chi connectivity index (χ1) is 10.0. The Bertz CT molecular complexity index is 582. The molecule has 3 heterocycles. The molecule has 8 heteroatoms. The summed E-state index contributed by atoms with van der Waals surface area (Å²) in [6, 6.07) is 1.81.